The number of aliphatic hydroxyl groups is 1. The number of aromatic carboxylic acids is 1. The Morgan fingerprint density at radius 2 is 1.88 bits per heavy atom. The second-order valence-corrected chi connectivity index (χ2v) is 10.0. The fraction of sp³-hybridized carbons (Fsp3) is 0.407. The van der Waals surface area contributed by atoms with Crippen LogP contribution in [-0.4, -0.2) is 29.3 Å². The Balaban J connectivity index is 1.74. The molecule has 2 heterocycles. The van der Waals surface area contributed by atoms with Crippen LogP contribution in [-0.2, 0) is 6.61 Å². The summed E-state index contributed by atoms with van der Waals surface area (Å²) in [5.74, 6) is -0.509. The number of carbonyl (C=O) groups is 1. The topological polar surface area (TPSA) is 103 Å². The first-order valence-corrected chi connectivity index (χ1v) is 11.6. The number of rotatable bonds is 6. The van der Waals surface area contributed by atoms with E-state index in [0.29, 0.717) is 28.1 Å². The number of aryl methyl sites for hydroxylation is 1. The van der Waals surface area contributed by atoms with Gasteiger partial charge >= 0.3 is 5.97 Å². The van der Waals surface area contributed by atoms with Crippen LogP contribution < -0.4 is 15.6 Å². The van der Waals surface area contributed by atoms with E-state index in [9.17, 15) is 19.8 Å². The average molecular weight is 465 g/mol. The number of piperidine rings is 1. The van der Waals surface area contributed by atoms with Gasteiger partial charge in [-0.05, 0) is 61.4 Å². The van der Waals surface area contributed by atoms with Gasteiger partial charge in [-0.15, -0.1) is 0 Å². The van der Waals surface area contributed by atoms with Gasteiger partial charge in [0.15, 0.2) is 11.3 Å². The van der Waals surface area contributed by atoms with Gasteiger partial charge in [-0.2, -0.15) is 0 Å². The zero-order chi connectivity index (χ0) is 24.6. The predicted octanol–water partition coefficient (Wildman–Crippen LogP) is 5.09. The zero-order valence-electron chi connectivity index (χ0n) is 20.1. The highest BCUT2D eigenvalue weighted by Crippen LogP contribution is 2.34. The number of carboxylic acids is 1. The standard InChI is InChI=1S/C27H32N2O5/c1-16-11-19(17(2)28-22-6-5-18(15-30)13-20(22)26(32)33)25-21(12-16)23(31)14-24(34-25)29-9-7-27(3,4)8-10-29/h5-6,11-14,17,28,30H,7-10,15H2,1-4H3,(H,32,33)/t17-/m1/s1. The third kappa shape index (κ3) is 4.80. The summed E-state index contributed by atoms with van der Waals surface area (Å²) in [6, 6.07) is 9.85. The second-order valence-electron chi connectivity index (χ2n) is 10.0. The first-order valence-electron chi connectivity index (χ1n) is 11.6. The molecule has 0 amide bonds. The summed E-state index contributed by atoms with van der Waals surface area (Å²) in [6.07, 6.45) is 2.05. The van der Waals surface area contributed by atoms with E-state index in [4.69, 9.17) is 4.42 Å². The molecule has 0 radical (unpaired) electrons. The third-order valence-corrected chi connectivity index (χ3v) is 6.75. The van der Waals surface area contributed by atoms with Crippen LogP contribution in [0.25, 0.3) is 11.0 Å². The minimum Gasteiger partial charge on any atom is -0.478 e. The van der Waals surface area contributed by atoms with E-state index in [1.807, 2.05) is 26.0 Å². The Labute approximate surface area is 199 Å². The minimum atomic E-state index is -1.08. The Hall–Kier alpha value is -3.32. The van der Waals surface area contributed by atoms with Crippen molar-refractivity contribution in [3.05, 3.63) is 68.9 Å². The van der Waals surface area contributed by atoms with Crippen LogP contribution in [0.1, 0.15) is 66.7 Å². The van der Waals surface area contributed by atoms with Crippen molar-refractivity contribution in [2.45, 2.75) is 53.2 Å². The zero-order valence-corrected chi connectivity index (χ0v) is 20.1. The van der Waals surface area contributed by atoms with E-state index >= 15 is 0 Å². The largest absolute Gasteiger partial charge is 0.478 e. The SMILES string of the molecule is Cc1cc([C@@H](C)Nc2ccc(CO)cc2C(=O)O)c2oc(N3CCC(C)(C)CC3)cc(=O)c2c1. The maximum Gasteiger partial charge on any atom is 0.337 e. The lowest BCUT2D eigenvalue weighted by Crippen LogP contribution is -2.37. The van der Waals surface area contributed by atoms with E-state index in [1.54, 1.807) is 18.2 Å². The molecular weight excluding hydrogens is 432 g/mol. The van der Waals surface area contributed by atoms with E-state index in [1.165, 1.54) is 6.07 Å². The molecule has 180 valence electrons. The number of benzene rings is 2. The van der Waals surface area contributed by atoms with Crippen molar-refractivity contribution in [2.75, 3.05) is 23.3 Å². The van der Waals surface area contributed by atoms with Gasteiger partial charge in [0.05, 0.1) is 23.6 Å². The summed E-state index contributed by atoms with van der Waals surface area (Å²) in [7, 11) is 0. The van der Waals surface area contributed by atoms with Crippen molar-refractivity contribution in [3.8, 4) is 0 Å². The van der Waals surface area contributed by atoms with Crippen LogP contribution in [0.3, 0.4) is 0 Å². The Bertz CT molecular complexity index is 1280. The summed E-state index contributed by atoms with van der Waals surface area (Å²) < 4.78 is 6.35. The molecule has 1 fully saturated rings. The molecule has 7 heteroatoms. The van der Waals surface area contributed by atoms with E-state index in [-0.39, 0.29) is 29.1 Å². The highest BCUT2D eigenvalue weighted by molar-refractivity contribution is 5.94. The number of hydrogen-bond acceptors (Lipinski definition) is 6. The molecular formula is C27H32N2O5. The number of fused-ring (bicyclic) bond motifs is 1. The van der Waals surface area contributed by atoms with E-state index in [2.05, 4.69) is 24.1 Å². The summed E-state index contributed by atoms with van der Waals surface area (Å²) in [5.41, 5.74) is 3.45. The Kier molecular flexibility index (Phi) is 6.41. The number of carboxylic acid groups (broad SMARTS) is 1. The molecule has 2 aromatic carbocycles. The minimum absolute atomic E-state index is 0.0773. The maximum absolute atomic E-state index is 13.1. The summed E-state index contributed by atoms with van der Waals surface area (Å²) in [4.78, 5) is 27.0. The molecule has 7 nitrogen and oxygen atoms in total. The fourth-order valence-electron chi connectivity index (χ4n) is 4.54. The van der Waals surface area contributed by atoms with Crippen LogP contribution in [0.2, 0.25) is 0 Å². The number of aliphatic hydroxyl groups excluding tert-OH is 1. The molecule has 1 saturated heterocycles. The smallest absolute Gasteiger partial charge is 0.337 e. The summed E-state index contributed by atoms with van der Waals surface area (Å²) in [6.45, 7) is 9.77. The van der Waals surface area contributed by atoms with Crippen molar-refractivity contribution >= 4 is 28.5 Å². The first-order chi connectivity index (χ1) is 16.1. The summed E-state index contributed by atoms with van der Waals surface area (Å²) >= 11 is 0. The Morgan fingerprint density at radius 1 is 1.18 bits per heavy atom. The highest BCUT2D eigenvalue weighted by Gasteiger charge is 2.27. The normalized spacial score (nSPS) is 16.4. The van der Waals surface area contributed by atoms with Gasteiger partial charge in [0.25, 0.3) is 0 Å². The van der Waals surface area contributed by atoms with Gasteiger partial charge in [-0.1, -0.05) is 26.0 Å². The van der Waals surface area contributed by atoms with Crippen molar-refractivity contribution in [1.82, 2.24) is 0 Å². The number of nitrogens with one attached hydrogen (secondary N) is 1. The van der Waals surface area contributed by atoms with Gasteiger partial charge in [-0.3, -0.25) is 4.79 Å². The maximum atomic E-state index is 13.1. The molecule has 0 aliphatic carbocycles. The van der Waals surface area contributed by atoms with Crippen LogP contribution in [0.5, 0.6) is 0 Å². The monoisotopic (exact) mass is 464 g/mol. The average Bonchev–Trinajstić information content (AvgIpc) is 2.79. The Morgan fingerprint density at radius 3 is 2.53 bits per heavy atom. The molecule has 0 unspecified atom stereocenters. The van der Waals surface area contributed by atoms with Crippen LogP contribution in [0.15, 0.2) is 45.6 Å². The molecule has 0 saturated carbocycles. The summed E-state index contributed by atoms with van der Waals surface area (Å²) in [5, 5.41) is 22.8. The molecule has 3 N–H and O–H groups in total. The quantitative estimate of drug-likeness (QED) is 0.467. The number of hydrogen-bond donors (Lipinski definition) is 3. The molecule has 34 heavy (non-hydrogen) atoms. The molecule has 4 rings (SSSR count). The molecule has 1 aliphatic rings. The van der Waals surface area contributed by atoms with Crippen molar-refractivity contribution in [1.29, 1.82) is 0 Å². The van der Waals surface area contributed by atoms with Crippen molar-refractivity contribution < 1.29 is 19.4 Å². The van der Waals surface area contributed by atoms with E-state index < -0.39 is 5.97 Å². The van der Waals surface area contributed by atoms with Crippen LogP contribution in [0.4, 0.5) is 11.6 Å². The molecule has 1 aliphatic heterocycles. The van der Waals surface area contributed by atoms with Crippen LogP contribution in [0, 0.1) is 12.3 Å². The third-order valence-electron chi connectivity index (χ3n) is 6.75. The molecule has 3 aromatic rings. The van der Waals surface area contributed by atoms with Gasteiger partial charge in [0, 0.05) is 30.4 Å². The lowest BCUT2D eigenvalue weighted by atomic mass is 9.83. The second kappa shape index (κ2) is 9.14. The molecule has 0 bridgehead atoms. The lowest BCUT2D eigenvalue weighted by Gasteiger charge is -2.37. The molecule has 0 spiro atoms. The van der Waals surface area contributed by atoms with Crippen molar-refractivity contribution in [2.24, 2.45) is 5.41 Å². The molecule has 1 atom stereocenters. The van der Waals surface area contributed by atoms with Gasteiger partial charge < -0.3 is 24.8 Å². The van der Waals surface area contributed by atoms with Crippen molar-refractivity contribution in [3.63, 3.8) is 0 Å². The molecule has 1 aromatic heterocycles. The van der Waals surface area contributed by atoms with Gasteiger partial charge in [0.2, 0.25) is 0 Å². The number of anilines is 2. The van der Waals surface area contributed by atoms with Gasteiger partial charge in [-0.25, -0.2) is 4.79 Å². The van der Waals surface area contributed by atoms with E-state index in [0.717, 1.165) is 37.1 Å². The first kappa shape index (κ1) is 23.8. The highest BCUT2D eigenvalue weighted by atomic mass is 16.4. The van der Waals surface area contributed by atoms with Crippen LogP contribution >= 0.6 is 0 Å². The van der Waals surface area contributed by atoms with Gasteiger partial charge in [0.1, 0.15) is 5.58 Å². The predicted molar refractivity (Wildman–Crippen MR) is 134 cm³/mol. The fourth-order valence-corrected chi connectivity index (χ4v) is 4.54. The number of nitrogens with zero attached hydrogens (tertiary/aromatic N) is 1. The lowest BCUT2D eigenvalue weighted by molar-refractivity contribution is 0.0697.